The van der Waals surface area contributed by atoms with E-state index in [9.17, 15) is 4.79 Å². The normalized spacial score (nSPS) is 10.7. The molecule has 100 valence electrons. The van der Waals surface area contributed by atoms with Crippen LogP contribution in [0.15, 0.2) is 24.4 Å². The molecule has 5 heteroatoms. The highest BCUT2D eigenvalue weighted by Gasteiger charge is 2.09. The lowest BCUT2D eigenvalue weighted by molar-refractivity contribution is -0.142. The molecule has 3 nitrogen and oxygen atoms in total. The maximum Gasteiger partial charge on any atom is 0.302 e. The maximum atomic E-state index is 10.9. The number of pyridine rings is 1. The van der Waals surface area contributed by atoms with Crippen LogP contribution >= 0.6 is 27.5 Å². The van der Waals surface area contributed by atoms with E-state index >= 15 is 0 Å². The van der Waals surface area contributed by atoms with E-state index in [-0.39, 0.29) is 12.6 Å². The number of rotatable bonds is 4. The summed E-state index contributed by atoms with van der Waals surface area (Å²) in [7, 11) is 0. The van der Waals surface area contributed by atoms with Crippen molar-refractivity contribution in [1.29, 1.82) is 0 Å². The van der Waals surface area contributed by atoms with Gasteiger partial charge in [-0.05, 0) is 30.2 Å². The van der Waals surface area contributed by atoms with E-state index in [1.165, 1.54) is 6.92 Å². The van der Waals surface area contributed by atoms with Gasteiger partial charge in [0.15, 0.2) is 0 Å². The largest absolute Gasteiger partial charge is 0.461 e. The molecule has 19 heavy (non-hydrogen) atoms. The second-order valence-electron chi connectivity index (χ2n) is 4.16. The van der Waals surface area contributed by atoms with Gasteiger partial charge in [0.05, 0.1) is 5.52 Å². The van der Waals surface area contributed by atoms with Crippen molar-refractivity contribution in [3.63, 3.8) is 0 Å². The number of esters is 1. The Bertz CT molecular complexity index is 616. The molecule has 1 aromatic carbocycles. The molecule has 0 aliphatic rings. The van der Waals surface area contributed by atoms with Crippen molar-refractivity contribution in [2.75, 3.05) is 5.33 Å². The van der Waals surface area contributed by atoms with Gasteiger partial charge in [-0.15, -0.1) is 0 Å². The first-order chi connectivity index (χ1) is 9.11. The van der Waals surface area contributed by atoms with Gasteiger partial charge in [0.2, 0.25) is 0 Å². The Morgan fingerprint density at radius 1 is 1.47 bits per heavy atom. The molecule has 0 N–H and O–H groups in total. The van der Waals surface area contributed by atoms with Gasteiger partial charge >= 0.3 is 5.97 Å². The van der Waals surface area contributed by atoms with E-state index < -0.39 is 0 Å². The summed E-state index contributed by atoms with van der Waals surface area (Å²) < 4.78 is 5.06. The van der Waals surface area contributed by atoms with Gasteiger partial charge in [0.1, 0.15) is 6.61 Å². The summed E-state index contributed by atoms with van der Waals surface area (Å²) >= 11 is 9.60. The van der Waals surface area contributed by atoms with Gasteiger partial charge in [0.25, 0.3) is 0 Å². The maximum absolute atomic E-state index is 10.9. The highest BCUT2D eigenvalue weighted by atomic mass is 79.9. The molecule has 0 saturated carbocycles. The van der Waals surface area contributed by atoms with Crippen molar-refractivity contribution >= 4 is 44.4 Å². The molecule has 0 aliphatic heterocycles. The Labute approximate surface area is 125 Å². The van der Waals surface area contributed by atoms with E-state index in [4.69, 9.17) is 16.3 Å². The van der Waals surface area contributed by atoms with Crippen LogP contribution in [0.5, 0.6) is 0 Å². The zero-order chi connectivity index (χ0) is 13.8. The first-order valence-electron chi connectivity index (χ1n) is 5.87. The monoisotopic (exact) mass is 341 g/mol. The Morgan fingerprint density at radius 2 is 2.26 bits per heavy atom. The van der Waals surface area contributed by atoms with Crippen molar-refractivity contribution in [3.8, 4) is 0 Å². The van der Waals surface area contributed by atoms with Crippen LogP contribution < -0.4 is 0 Å². The lowest BCUT2D eigenvalue weighted by atomic mass is 10.1. The summed E-state index contributed by atoms with van der Waals surface area (Å²) in [4.78, 5) is 15.4. The van der Waals surface area contributed by atoms with E-state index in [2.05, 4.69) is 20.9 Å². The number of fused-ring (bicyclic) bond motifs is 1. The molecule has 0 unspecified atom stereocenters. The van der Waals surface area contributed by atoms with Crippen LogP contribution in [0.4, 0.5) is 0 Å². The Balaban J connectivity index is 2.48. The van der Waals surface area contributed by atoms with Crippen molar-refractivity contribution in [3.05, 3.63) is 40.5 Å². The number of carbonyl (C=O) groups is 1. The summed E-state index contributed by atoms with van der Waals surface area (Å²) in [6, 6.07) is 5.70. The topological polar surface area (TPSA) is 39.2 Å². The van der Waals surface area contributed by atoms with Gasteiger partial charge < -0.3 is 4.74 Å². The minimum absolute atomic E-state index is 0.172. The molecule has 2 aromatic rings. The SMILES string of the molecule is CC(=O)OCc1c(Cl)ccc2ncc(CCBr)cc12. The summed E-state index contributed by atoms with van der Waals surface area (Å²) in [6.45, 7) is 1.55. The summed E-state index contributed by atoms with van der Waals surface area (Å²) in [5.74, 6) is -0.322. The second kappa shape index (κ2) is 6.35. The first kappa shape index (κ1) is 14.3. The van der Waals surface area contributed by atoms with Crippen LogP contribution in [0.2, 0.25) is 5.02 Å². The summed E-state index contributed by atoms with van der Waals surface area (Å²) in [5.41, 5.74) is 2.78. The highest BCUT2D eigenvalue weighted by Crippen LogP contribution is 2.26. The second-order valence-corrected chi connectivity index (χ2v) is 5.36. The third-order valence-corrected chi connectivity index (χ3v) is 3.53. The number of ether oxygens (including phenoxy) is 1. The molecule has 1 aromatic heterocycles. The third-order valence-electron chi connectivity index (χ3n) is 2.78. The van der Waals surface area contributed by atoms with Crippen molar-refractivity contribution in [2.45, 2.75) is 20.0 Å². The average Bonchev–Trinajstić information content (AvgIpc) is 2.37. The fraction of sp³-hybridized carbons (Fsp3) is 0.286. The molecule has 0 bridgehead atoms. The number of nitrogens with zero attached hydrogens (tertiary/aromatic N) is 1. The summed E-state index contributed by atoms with van der Waals surface area (Å²) in [5, 5.41) is 2.40. The lowest BCUT2D eigenvalue weighted by Gasteiger charge is -2.10. The van der Waals surface area contributed by atoms with Crippen LogP contribution in [0.1, 0.15) is 18.1 Å². The lowest BCUT2D eigenvalue weighted by Crippen LogP contribution is -2.01. The number of carbonyl (C=O) groups excluding carboxylic acids is 1. The molecule has 0 saturated heterocycles. The number of halogens is 2. The smallest absolute Gasteiger partial charge is 0.302 e. The van der Waals surface area contributed by atoms with E-state index in [1.807, 2.05) is 18.3 Å². The number of aryl methyl sites for hydroxylation is 1. The molecule has 0 radical (unpaired) electrons. The number of aromatic nitrogens is 1. The number of benzene rings is 1. The van der Waals surface area contributed by atoms with E-state index in [1.54, 1.807) is 6.07 Å². The van der Waals surface area contributed by atoms with Crippen LogP contribution in [0, 0.1) is 0 Å². The molecule has 0 amide bonds. The fourth-order valence-electron chi connectivity index (χ4n) is 1.84. The molecular weight excluding hydrogens is 330 g/mol. The van der Waals surface area contributed by atoms with Crippen LogP contribution in [-0.4, -0.2) is 16.3 Å². The van der Waals surface area contributed by atoms with Gasteiger partial charge in [-0.3, -0.25) is 9.78 Å². The van der Waals surface area contributed by atoms with Crippen molar-refractivity contribution in [2.24, 2.45) is 0 Å². The zero-order valence-electron chi connectivity index (χ0n) is 10.5. The molecular formula is C14H13BrClNO2. The minimum atomic E-state index is -0.322. The average molecular weight is 343 g/mol. The van der Waals surface area contributed by atoms with Crippen LogP contribution in [0.25, 0.3) is 10.9 Å². The predicted molar refractivity (Wildman–Crippen MR) is 79.7 cm³/mol. The van der Waals surface area contributed by atoms with Gasteiger partial charge in [0, 0.05) is 34.4 Å². The summed E-state index contributed by atoms with van der Waals surface area (Å²) in [6.07, 6.45) is 2.75. The Kier molecular flexibility index (Phi) is 4.77. The van der Waals surface area contributed by atoms with Crippen LogP contribution in [0.3, 0.4) is 0 Å². The Morgan fingerprint density at radius 3 is 2.95 bits per heavy atom. The fourth-order valence-corrected chi connectivity index (χ4v) is 2.52. The van der Waals surface area contributed by atoms with Crippen LogP contribution in [-0.2, 0) is 22.6 Å². The van der Waals surface area contributed by atoms with E-state index in [0.29, 0.717) is 5.02 Å². The molecule has 2 rings (SSSR count). The third kappa shape index (κ3) is 3.45. The standard InChI is InChI=1S/C14H13BrClNO2/c1-9(18)19-8-12-11-6-10(4-5-15)7-17-14(11)3-2-13(12)16/h2-3,6-7H,4-5,8H2,1H3. The highest BCUT2D eigenvalue weighted by molar-refractivity contribution is 9.09. The minimum Gasteiger partial charge on any atom is -0.461 e. The molecule has 1 heterocycles. The van der Waals surface area contributed by atoms with E-state index in [0.717, 1.165) is 33.8 Å². The van der Waals surface area contributed by atoms with Crippen molar-refractivity contribution in [1.82, 2.24) is 4.98 Å². The number of hydrogen-bond donors (Lipinski definition) is 0. The Hall–Kier alpha value is -1.13. The number of alkyl halides is 1. The van der Waals surface area contributed by atoms with Gasteiger partial charge in [-0.2, -0.15) is 0 Å². The first-order valence-corrected chi connectivity index (χ1v) is 7.37. The predicted octanol–water partition coefficient (Wildman–Crippen LogP) is 3.89. The van der Waals surface area contributed by atoms with Crippen molar-refractivity contribution < 1.29 is 9.53 Å². The van der Waals surface area contributed by atoms with Gasteiger partial charge in [-0.25, -0.2) is 0 Å². The molecule has 0 fully saturated rings. The number of hydrogen-bond acceptors (Lipinski definition) is 3. The molecule has 0 atom stereocenters. The van der Waals surface area contributed by atoms with Gasteiger partial charge in [-0.1, -0.05) is 27.5 Å². The molecule has 0 aliphatic carbocycles. The molecule has 0 spiro atoms. The quantitative estimate of drug-likeness (QED) is 0.625. The zero-order valence-corrected chi connectivity index (χ0v) is 12.8.